The smallest absolute Gasteiger partial charge is 0.242 e. The molecule has 0 aliphatic heterocycles. The van der Waals surface area contributed by atoms with Crippen LogP contribution < -0.4 is 5.32 Å². The van der Waals surface area contributed by atoms with Gasteiger partial charge in [0.2, 0.25) is 5.91 Å². The van der Waals surface area contributed by atoms with Gasteiger partial charge in [0.1, 0.15) is 6.04 Å². The number of hydrogen-bond donors (Lipinski definition) is 1. The molecule has 1 unspecified atom stereocenters. The van der Waals surface area contributed by atoms with E-state index in [9.17, 15) is 4.79 Å². The zero-order chi connectivity index (χ0) is 23.9. The van der Waals surface area contributed by atoms with Gasteiger partial charge in [0.15, 0.2) is 0 Å². The Bertz CT molecular complexity index is 950. The van der Waals surface area contributed by atoms with Crippen LogP contribution in [0.4, 0.5) is 0 Å². The molecule has 1 amide bonds. The van der Waals surface area contributed by atoms with Gasteiger partial charge in [0, 0.05) is 18.6 Å². The Balaban J connectivity index is 1.97. The third kappa shape index (κ3) is 7.87. The van der Waals surface area contributed by atoms with E-state index in [4.69, 9.17) is 0 Å². The summed E-state index contributed by atoms with van der Waals surface area (Å²) in [4.78, 5) is 16.2. The molecule has 3 aromatic rings. The van der Waals surface area contributed by atoms with E-state index >= 15 is 0 Å². The van der Waals surface area contributed by atoms with Gasteiger partial charge in [0.05, 0.1) is 0 Å². The molecule has 3 heteroatoms. The molecule has 33 heavy (non-hydrogen) atoms. The van der Waals surface area contributed by atoms with Crippen molar-refractivity contribution in [1.29, 1.82) is 0 Å². The van der Waals surface area contributed by atoms with Crippen LogP contribution >= 0.6 is 0 Å². The van der Waals surface area contributed by atoms with E-state index in [1.165, 1.54) is 11.1 Å². The van der Waals surface area contributed by atoms with Gasteiger partial charge in [-0.15, -0.1) is 0 Å². The van der Waals surface area contributed by atoms with Crippen molar-refractivity contribution in [1.82, 2.24) is 10.2 Å². The zero-order valence-corrected chi connectivity index (χ0v) is 20.7. The summed E-state index contributed by atoms with van der Waals surface area (Å²) in [6.45, 7) is 12.3. The van der Waals surface area contributed by atoms with Gasteiger partial charge in [-0.2, -0.15) is 0 Å². The molecule has 0 saturated heterocycles. The van der Waals surface area contributed by atoms with Crippen LogP contribution in [0.1, 0.15) is 63.8 Å². The fraction of sp³-hybridized carbons (Fsp3) is 0.367. The van der Waals surface area contributed by atoms with E-state index in [1.807, 2.05) is 30.3 Å². The number of amides is 1. The second kappa shape index (κ2) is 10.8. The quantitative estimate of drug-likeness (QED) is 0.397. The number of hydrogen-bond acceptors (Lipinski definition) is 2. The van der Waals surface area contributed by atoms with Gasteiger partial charge in [-0.1, -0.05) is 112 Å². The molecule has 0 heterocycles. The van der Waals surface area contributed by atoms with Crippen molar-refractivity contribution < 1.29 is 4.79 Å². The standard InChI is InChI=1S/C30H38N2O/c1-29(2,3)23-30(4,5)31-28(33)27(26-19-13-8-14-20-26)32(21-24-15-9-6-10-16-24)22-25-17-11-7-12-18-25/h6-20,27H,21-23H2,1-5H3,(H,31,33). The van der Waals surface area contributed by atoms with Crippen LogP contribution in [0.3, 0.4) is 0 Å². The monoisotopic (exact) mass is 442 g/mol. The Labute approximate surface area is 199 Å². The van der Waals surface area contributed by atoms with Crippen LogP contribution in [-0.4, -0.2) is 16.3 Å². The molecule has 0 spiro atoms. The maximum atomic E-state index is 13.9. The largest absolute Gasteiger partial charge is 0.350 e. The minimum atomic E-state index is -0.397. The normalized spacial score (nSPS) is 13.0. The van der Waals surface area contributed by atoms with Crippen LogP contribution in [0.5, 0.6) is 0 Å². The molecule has 0 radical (unpaired) electrons. The second-order valence-corrected chi connectivity index (χ2v) is 10.8. The molecule has 3 aromatic carbocycles. The number of carbonyl (C=O) groups is 1. The molecule has 0 saturated carbocycles. The minimum absolute atomic E-state index is 0.0438. The number of carbonyl (C=O) groups excluding carboxylic acids is 1. The summed E-state index contributed by atoms with van der Waals surface area (Å²) < 4.78 is 0. The Hall–Kier alpha value is -2.91. The van der Waals surface area contributed by atoms with Crippen LogP contribution in [0, 0.1) is 5.41 Å². The maximum Gasteiger partial charge on any atom is 0.242 e. The van der Waals surface area contributed by atoms with E-state index in [0.29, 0.717) is 13.1 Å². The highest BCUT2D eigenvalue weighted by molar-refractivity contribution is 5.83. The third-order valence-electron chi connectivity index (χ3n) is 5.62. The van der Waals surface area contributed by atoms with E-state index in [0.717, 1.165) is 12.0 Å². The van der Waals surface area contributed by atoms with Crippen LogP contribution in [0.2, 0.25) is 0 Å². The molecule has 0 fully saturated rings. The SMILES string of the molecule is CC(C)(C)CC(C)(C)NC(=O)C(c1ccccc1)N(Cc1ccccc1)Cc1ccccc1. The molecule has 0 aliphatic carbocycles. The first-order chi connectivity index (χ1) is 15.6. The lowest BCUT2D eigenvalue weighted by molar-refractivity contribution is -0.129. The molecule has 0 aromatic heterocycles. The van der Waals surface area contributed by atoms with Gasteiger partial charge in [-0.25, -0.2) is 0 Å². The Morgan fingerprint density at radius 3 is 1.58 bits per heavy atom. The summed E-state index contributed by atoms with van der Waals surface area (Å²) in [5.41, 5.74) is 3.20. The minimum Gasteiger partial charge on any atom is -0.350 e. The van der Waals surface area contributed by atoms with Crippen molar-refractivity contribution in [3.63, 3.8) is 0 Å². The van der Waals surface area contributed by atoms with Gasteiger partial charge in [-0.05, 0) is 42.4 Å². The Morgan fingerprint density at radius 1 is 0.727 bits per heavy atom. The highest BCUT2D eigenvalue weighted by Gasteiger charge is 2.33. The molecule has 1 N–H and O–H groups in total. The summed E-state index contributed by atoms with van der Waals surface area (Å²) >= 11 is 0. The summed E-state index contributed by atoms with van der Waals surface area (Å²) in [5, 5.41) is 3.38. The molecule has 3 nitrogen and oxygen atoms in total. The summed E-state index contributed by atoms with van der Waals surface area (Å²) in [7, 11) is 0. The molecule has 0 aliphatic rings. The van der Waals surface area contributed by atoms with Gasteiger partial charge in [-0.3, -0.25) is 9.69 Å². The average Bonchev–Trinajstić information content (AvgIpc) is 2.74. The van der Waals surface area contributed by atoms with Crippen molar-refractivity contribution >= 4 is 5.91 Å². The molecular formula is C30H38N2O. The summed E-state index contributed by atoms with van der Waals surface area (Å²) in [6.07, 6.45) is 0.893. The maximum absolute atomic E-state index is 13.9. The molecular weight excluding hydrogens is 404 g/mol. The second-order valence-electron chi connectivity index (χ2n) is 10.8. The first-order valence-corrected chi connectivity index (χ1v) is 11.8. The van der Waals surface area contributed by atoms with Crippen LogP contribution in [0.15, 0.2) is 91.0 Å². The fourth-order valence-electron chi connectivity index (χ4n) is 4.81. The predicted molar refractivity (Wildman–Crippen MR) is 138 cm³/mol. The highest BCUT2D eigenvalue weighted by Crippen LogP contribution is 2.30. The number of nitrogens with zero attached hydrogens (tertiary/aromatic N) is 1. The van der Waals surface area contributed by atoms with Crippen molar-refractivity contribution in [2.75, 3.05) is 0 Å². The third-order valence-corrected chi connectivity index (χ3v) is 5.62. The van der Waals surface area contributed by atoms with E-state index in [1.54, 1.807) is 0 Å². The molecule has 3 rings (SSSR count). The topological polar surface area (TPSA) is 32.3 Å². The van der Waals surface area contributed by atoms with Gasteiger partial charge >= 0.3 is 0 Å². The van der Waals surface area contributed by atoms with Crippen molar-refractivity contribution in [3.8, 4) is 0 Å². The van der Waals surface area contributed by atoms with E-state index in [2.05, 4.69) is 105 Å². The fourth-order valence-corrected chi connectivity index (χ4v) is 4.81. The highest BCUT2D eigenvalue weighted by atomic mass is 16.2. The van der Waals surface area contributed by atoms with E-state index < -0.39 is 6.04 Å². The average molecular weight is 443 g/mol. The number of rotatable bonds is 9. The summed E-state index contributed by atoms with van der Waals surface area (Å²) in [5.74, 6) is 0.0438. The first-order valence-electron chi connectivity index (χ1n) is 11.8. The predicted octanol–water partition coefficient (Wildman–Crippen LogP) is 6.76. The molecule has 174 valence electrons. The van der Waals surface area contributed by atoms with Crippen molar-refractivity contribution in [3.05, 3.63) is 108 Å². The number of nitrogens with one attached hydrogen (secondary N) is 1. The lowest BCUT2D eigenvalue weighted by Gasteiger charge is -2.37. The number of benzene rings is 3. The van der Waals surface area contributed by atoms with Gasteiger partial charge in [0.25, 0.3) is 0 Å². The zero-order valence-electron chi connectivity index (χ0n) is 20.7. The van der Waals surface area contributed by atoms with Crippen LogP contribution in [-0.2, 0) is 17.9 Å². The lowest BCUT2D eigenvalue weighted by atomic mass is 9.81. The van der Waals surface area contributed by atoms with Gasteiger partial charge < -0.3 is 5.32 Å². The van der Waals surface area contributed by atoms with Crippen molar-refractivity contribution in [2.24, 2.45) is 5.41 Å². The van der Waals surface area contributed by atoms with Crippen LogP contribution in [0.25, 0.3) is 0 Å². The summed E-state index contributed by atoms with van der Waals surface area (Å²) in [6, 6.07) is 30.5. The van der Waals surface area contributed by atoms with E-state index in [-0.39, 0.29) is 16.9 Å². The Kier molecular flexibility index (Phi) is 8.10. The first kappa shape index (κ1) is 24.7. The Morgan fingerprint density at radius 2 is 1.15 bits per heavy atom. The molecule has 1 atom stereocenters. The molecule has 0 bridgehead atoms. The van der Waals surface area contributed by atoms with Crippen molar-refractivity contribution in [2.45, 2.75) is 65.7 Å². The lowest BCUT2D eigenvalue weighted by Crippen LogP contribution is -2.50.